The van der Waals surface area contributed by atoms with Gasteiger partial charge in [-0.05, 0) is 19.3 Å². The van der Waals surface area contributed by atoms with Crippen molar-refractivity contribution in [3.8, 4) is 0 Å². The molecule has 5 heteroatoms. The van der Waals surface area contributed by atoms with E-state index in [0.29, 0.717) is 19.3 Å². The van der Waals surface area contributed by atoms with Crippen LogP contribution in [0.15, 0.2) is 0 Å². The summed E-state index contributed by atoms with van der Waals surface area (Å²) in [5, 5.41) is 0. The standard InChI is InChI=1S/C8H12FNO2.ClH/c1-12-6(11)5(10)7-2-8(9,3-7)4-7;/h5H,2-4,10H2,1H3;1H/t5-,7?,8?;/m0./s1. The highest BCUT2D eigenvalue weighted by atomic mass is 35.5. The molecule has 3 rings (SSSR count). The Morgan fingerprint density at radius 3 is 2.31 bits per heavy atom. The number of hydrogen-bond donors (Lipinski definition) is 1. The molecule has 0 spiro atoms. The third kappa shape index (κ3) is 1.23. The van der Waals surface area contributed by atoms with Crippen LogP contribution in [0.2, 0.25) is 0 Å². The highest BCUT2D eigenvalue weighted by Gasteiger charge is 2.72. The highest BCUT2D eigenvalue weighted by molar-refractivity contribution is 5.85. The molecule has 3 nitrogen and oxygen atoms in total. The SMILES string of the molecule is COC(=O)[C@H](N)C12CC(F)(C1)C2.Cl. The number of esters is 1. The first-order valence-corrected chi connectivity index (χ1v) is 4.04. The second-order valence-electron chi connectivity index (χ2n) is 4.04. The van der Waals surface area contributed by atoms with Gasteiger partial charge in [-0.15, -0.1) is 12.4 Å². The van der Waals surface area contributed by atoms with Crippen LogP contribution in [0.4, 0.5) is 4.39 Å². The Balaban J connectivity index is 0.000000845. The Labute approximate surface area is 82.2 Å². The molecule has 0 unspecified atom stereocenters. The summed E-state index contributed by atoms with van der Waals surface area (Å²) in [6, 6.07) is -0.625. The number of nitrogens with two attached hydrogens (primary N) is 1. The highest BCUT2D eigenvalue weighted by Crippen LogP contribution is 2.70. The molecule has 0 aliphatic heterocycles. The van der Waals surface area contributed by atoms with Crippen molar-refractivity contribution in [1.82, 2.24) is 0 Å². The zero-order chi connectivity index (χ0) is 8.98. The summed E-state index contributed by atoms with van der Waals surface area (Å²) >= 11 is 0. The topological polar surface area (TPSA) is 52.3 Å². The number of carbonyl (C=O) groups is 1. The van der Waals surface area contributed by atoms with Gasteiger partial charge >= 0.3 is 5.97 Å². The van der Waals surface area contributed by atoms with Gasteiger partial charge in [0.2, 0.25) is 0 Å². The molecule has 3 saturated carbocycles. The molecule has 76 valence electrons. The van der Waals surface area contributed by atoms with Crippen LogP contribution >= 0.6 is 12.4 Å². The molecule has 0 saturated heterocycles. The Morgan fingerprint density at radius 2 is 2.00 bits per heavy atom. The van der Waals surface area contributed by atoms with Crippen molar-refractivity contribution < 1.29 is 13.9 Å². The zero-order valence-electron chi connectivity index (χ0n) is 7.38. The molecule has 3 fully saturated rings. The summed E-state index contributed by atoms with van der Waals surface area (Å²) in [6.45, 7) is 0. The van der Waals surface area contributed by atoms with Crippen molar-refractivity contribution in [2.75, 3.05) is 7.11 Å². The lowest BCUT2D eigenvalue weighted by atomic mass is 9.40. The number of methoxy groups -OCH3 is 1. The normalized spacial score (nSPS) is 42.1. The molecular formula is C8H13ClFNO2. The fourth-order valence-corrected chi connectivity index (χ4v) is 2.44. The van der Waals surface area contributed by atoms with Crippen LogP contribution in [0.3, 0.4) is 0 Å². The molecule has 0 aromatic rings. The Bertz CT molecular complexity index is 227. The van der Waals surface area contributed by atoms with E-state index in [-0.39, 0.29) is 17.8 Å². The molecule has 3 aliphatic rings. The second-order valence-corrected chi connectivity index (χ2v) is 4.04. The van der Waals surface area contributed by atoms with Crippen LogP contribution in [0.5, 0.6) is 0 Å². The minimum Gasteiger partial charge on any atom is -0.468 e. The van der Waals surface area contributed by atoms with E-state index in [9.17, 15) is 9.18 Å². The van der Waals surface area contributed by atoms with Gasteiger partial charge in [-0.25, -0.2) is 4.39 Å². The minimum absolute atomic E-state index is 0. The maximum atomic E-state index is 13.0. The zero-order valence-corrected chi connectivity index (χ0v) is 8.20. The number of halogens is 2. The molecule has 0 amide bonds. The van der Waals surface area contributed by atoms with Gasteiger partial charge in [0.15, 0.2) is 0 Å². The van der Waals surface area contributed by atoms with Crippen LogP contribution < -0.4 is 5.73 Å². The number of hydrogen-bond acceptors (Lipinski definition) is 3. The lowest BCUT2D eigenvalue weighted by molar-refractivity contribution is -0.227. The molecule has 13 heavy (non-hydrogen) atoms. The molecule has 0 heterocycles. The predicted octanol–water partition coefficient (Wildman–Crippen LogP) is 0.801. The van der Waals surface area contributed by atoms with E-state index in [4.69, 9.17) is 5.73 Å². The fraction of sp³-hybridized carbons (Fsp3) is 0.875. The maximum Gasteiger partial charge on any atom is 0.323 e. The molecular weight excluding hydrogens is 197 g/mol. The van der Waals surface area contributed by atoms with Gasteiger partial charge in [0.05, 0.1) is 7.11 Å². The summed E-state index contributed by atoms with van der Waals surface area (Å²) in [6.07, 6.45) is 1.32. The third-order valence-electron chi connectivity index (χ3n) is 3.12. The van der Waals surface area contributed by atoms with Crippen molar-refractivity contribution in [3.63, 3.8) is 0 Å². The second kappa shape index (κ2) is 2.82. The minimum atomic E-state index is -0.994. The van der Waals surface area contributed by atoms with Gasteiger partial charge in [0.1, 0.15) is 11.7 Å². The van der Waals surface area contributed by atoms with Gasteiger partial charge < -0.3 is 10.5 Å². The van der Waals surface area contributed by atoms with E-state index < -0.39 is 17.7 Å². The summed E-state index contributed by atoms with van der Waals surface area (Å²) in [7, 11) is 1.30. The molecule has 2 N–H and O–H groups in total. The van der Waals surface area contributed by atoms with Gasteiger partial charge in [0.25, 0.3) is 0 Å². The van der Waals surface area contributed by atoms with Crippen LogP contribution in [-0.2, 0) is 9.53 Å². The average Bonchev–Trinajstić information content (AvgIpc) is 1.94. The van der Waals surface area contributed by atoms with Crippen molar-refractivity contribution in [2.24, 2.45) is 11.1 Å². The summed E-state index contributed by atoms with van der Waals surface area (Å²) in [5.41, 5.74) is 4.37. The van der Waals surface area contributed by atoms with Crippen molar-refractivity contribution in [2.45, 2.75) is 31.0 Å². The predicted molar refractivity (Wildman–Crippen MR) is 47.4 cm³/mol. The summed E-state index contributed by atoms with van der Waals surface area (Å²) in [4.78, 5) is 11.0. The first kappa shape index (κ1) is 10.7. The van der Waals surface area contributed by atoms with Crippen molar-refractivity contribution >= 4 is 18.4 Å². The van der Waals surface area contributed by atoms with Gasteiger partial charge in [-0.1, -0.05) is 0 Å². The number of rotatable bonds is 2. The van der Waals surface area contributed by atoms with Crippen LogP contribution in [0.25, 0.3) is 0 Å². The van der Waals surface area contributed by atoms with Gasteiger partial charge in [-0.2, -0.15) is 0 Å². The number of ether oxygens (including phenoxy) is 1. The van der Waals surface area contributed by atoms with Gasteiger partial charge in [0, 0.05) is 5.41 Å². The van der Waals surface area contributed by atoms with Crippen molar-refractivity contribution in [3.05, 3.63) is 0 Å². The average molecular weight is 210 g/mol. The molecule has 2 bridgehead atoms. The maximum absolute atomic E-state index is 13.0. The van der Waals surface area contributed by atoms with E-state index in [1.54, 1.807) is 0 Å². The fourth-order valence-electron chi connectivity index (χ4n) is 2.44. The van der Waals surface area contributed by atoms with Crippen LogP contribution in [-0.4, -0.2) is 24.8 Å². The Kier molecular flexibility index (Phi) is 2.33. The van der Waals surface area contributed by atoms with Crippen LogP contribution in [0.1, 0.15) is 19.3 Å². The van der Waals surface area contributed by atoms with Crippen LogP contribution in [0, 0.1) is 5.41 Å². The molecule has 0 radical (unpaired) electrons. The van der Waals surface area contributed by atoms with E-state index in [2.05, 4.69) is 4.74 Å². The Morgan fingerprint density at radius 1 is 1.54 bits per heavy atom. The number of alkyl halides is 1. The first-order valence-electron chi connectivity index (χ1n) is 4.04. The van der Waals surface area contributed by atoms with E-state index >= 15 is 0 Å². The third-order valence-corrected chi connectivity index (χ3v) is 3.12. The summed E-state index contributed by atoms with van der Waals surface area (Å²) in [5.74, 6) is -0.420. The number of carbonyl (C=O) groups excluding carboxylic acids is 1. The van der Waals surface area contributed by atoms with E-state index in [1.165, 1.54) is 7.11 Å². The summed E-state index contributed by atoms with van der Waals surface area (Å²) < 4.78 is 17.5. The smallest absolute Gasteiger partial charge is 0.323 e. The Hall–Kier alpha value is -0.350. The lowest BCUT2D eigenvalue weighted by Crippen LogP contribution is -2.72. The molecule has 0 aromatic carbocycles. The van der Waals surface area contributed by atoms with Crippen molar-refractivity contribution in [1.29, 1.82) is 0 Å². The monoisotopic (exact) mass is 209 g/mol. The molecule has 0 aromatic heterocycles. The van der Waals surface area contributed by atoms with E-state index in [1.807, 2.05) is 0 Å². The molecule has 1 atom stereocenters. The quantitative estimate of drug-likeness (QED) is 0.685. The van der Waals surface area contributed by atoms with Gasteiger partial charge in [-0.3, -0.25) is 4.79 Å². The largest absolute Gasteiger partial charge is 0.468 e. The molecule has 3 aliphatic carbocycles. The lowest BCUT2D eigenvalue weighted by Gasteiger charge is -2.67. The first-order chi connectivity index (χ1) is 5.51. The van der Waals surface area contributed by atoms with E-state index in [0.717, 1.165) is 0 Å².